The Morgan fingerprint density at radius 2 is 1.64 bits per heavy atom. The number of hydrogen-bond acceptors (Lipinski definition) is 3. The summed E-state index contributed by atoms with van der Waals surface area (Å²) in [5.74, 6) is -0.397. The number of rotatable bonds is 3. The zero-order valence-corrected chi connectivity index (χ0v) is 18.2. The van der Waals surface area contributed by atoms with Crippen molar-refractivity contribution in [3.8, 4) is 0 Å². The van der Waals surface area contributed by atoms with Crippen LogP contribution in [0.15, 0.2) is 29.2 Å². The summed E-state index contributed by atoms with van der Waals surface area (Å²) < 4.78 is 56.1. The summed E-state index contributed by atoms with van der Waals surface area (Å²) in [7, 11) is -3.66. The Bertz CT molecular complexity index is 980. The summed E-state index contributed by atoms with van der Waals surface area (Å²) >= 11 is 1.48. The predicted octanol–water partition coefficient (Wildman–Crippen LogP) is 5.07. The fourth-order valence-electron chi connectivity index (χ4n) is 3.70. The van der Waals surface area contributed by atoms with Gasteiger partial charge in [0.1, 0.15) is 11.6 Å². The van der Waals surface area contributed by atoms with Gasteiger partial charge in [-0.05, 0) is 74.6 Å². The third-order valence-electron chi connectivity index (χ3n) is 5.50. The summed E-state index contributed by atoms with van der Waals surface area (Å²) in [5, 5.41) is -0.266. The number of hydrogen-bond donors (Lipinski definition) is 0. The number of thioether (sulfide) groups is 1. The van der Waals surface area contributed by atoms with Gasteiger partial charge in [-0.15, -0.1) is 0 Å². The van der Waals surface area contributed by atoms with Crippen molar-refractivity contribution in [1.29, 1.82) is 0 Å². The fraction of sp³-hybridized carbons (Fsp3) is 0.429. The van der Waals surface area contributed by atoms with Crippen molar-refractivity contribution in [2.75, 3.05) is 18.8 Å². The van der Waals surface area contributed by atoms with Crippen LogP contribution in [0.25, 0.3) is 0 Å². The molecule has 3 rings (SSSR count). The molecule has 1 fully saturated rings. The van der Waals surface area contributed by atoms with Gasteiger partial charge in [-0.3, -0.25) is 0 Å². The van der Waals surface area contributed by atoms with Crippen molar-refractivity contribution >= 4 is 21.8 Å². The number of halogens is 2. The maximum atomic E-state index is 14.2. The van der Waals surface area contributed by atoms with E-state index in [1.54, 1.807) is 0 Å². The smallest absolute Gasteiger partial charge is 0.207 e. The van der Waals surface area contributed by atoms with Gasteiger partial charge in [0, 0.05) is 29.7 Å². The summed E-state index contributed by atoms with van der Waals surface area (Å²) in [4.78, 5) is 0.380. The van der Waals surface area contributed by atoms with Gasteiger partial charge in [-0.25, -0.2) is 17.2 Å². The van der Waals surface area contributed by atoms with Crippen molar-refractivity contribution in [3.63, 3.8) is 0 Å². The van der Waals surface area contributed by atoms with Crippen molar-refractivity contribution in [1.82, 2.24) is 4.31 Å². The minimum atomic E-state index is -3.66. The summed E-state index contributed by atoms with van der Waals surface area (Å²) in [6.07, 6.45) is 0.438. The van der Waals surface area contributed by atoms with Crippen molar-refractivity contribution < 1.29 is 17.2 Å². The number of benzene rings is 2. The summed E-state index contributed by atoms with van der Waals surface area (Å²) in [6.45, 7) is 8.15. The Labute approximate surface area is 170 Å². The Kier molecular flexibility index (Phi) is 6.17. The van der Waals surface area contributed by atoms with E-state index in [4.69, 9.17) is 0 Å². The van der Waals surface area contributed by atoms with Gasteiger partial charge < -0.3 is 0 Å². The van der Waals surface area contributed by atoms with E-state index in [1.165, 1.54) is 22.1 Å². The highest BCUT2D eigenvalue weighted by atomic mass is 32.2. The molecule has 0 saturated carbocycles. The average molecular weight is 426 g/mol. The Balaban J connectivity index is 1.91. The van der Waals surface area contributed by atoms with E-state index in [1.807, 2.05) is 33.8 Å². The van der Waals surface area contributed by atoms with E-state index in [0.29, 0.717) is 29.2 Å². The molecule has 1 saturated heterocycles. The Morgan fingerprint density at radius 1 is 1.00 bits per heavy atom. The highest BCUT2D eigenvalue weighted by molar-refractivity contribution is 7.99. The molecule has 152 valence electrons. The van der Waals surface area contributed by atoms with Gasteiger partial charge in [0.25, 0.3) is 0 Å². The third-order valence-corrected chi connectivity index (χ3v) is 8.98. The third kappa shape index (κ3) is 3.98. The molecule has 0 spiro atoms. The summed E-state index contributed by atoms with van der Waals surface area (Å²) in [5.41, 5.74) is 3.75. The molecule has 0 aromatic heterocycles. The normalized spacial score (nSPS) is 18.9. The first-order chi connectivity index (χ1) is 13.1. The monoisotopic (exact) mass is 425 g/mol. The molecule has 1 aliphatic heterocycles. The van der Waals surface area contributed by atoms with Crippen LogP contribution in [0, 0.1) is 39.3 Å². The first kappa shape index (κ1) is 21.3. The highest BCUT2D eigenvalue weighted by Gasteiger charge is 2.32. The van der Waals surface area contributed by atoms with Crippen LogP contribution in [0.3, 0.4) is 0 Å². The Morgan fingerprint density at radius 3 is 2.29 bits per heavy atom. The van der Waals surface area contributed by atoms with Gasteiger partial charge in [-0.2, -0.15) is 16.1 Å². The van der Waals surface area contributed by atoms with Crippen LogP contribution in [0.2, 0.25) is 0 Å². The molecule has 2 aromatic rings. The van der Waals surface area contributed by atoms with E-state index in [-0.39, 0.29) is 11.8 Å². The first-order valence-corrected chi connectivity index (χ1v) is 11.8. The molecule has 0 N–H and O–H groups in total. The zero-order valence-electron chi connectivity index (χ0n) is 16.6. The van der Waals surface area contributed by atoms with E-state index >= 15 is 0 Å². The quantitative estimate of drug-likeness (QED) is 0.689. The number of sulfonamides is 1. The maximum Gasteiger partial charge on any atom is 0.243 e. The van der Waals surface area contributed by atoms with E-state index < -0.39 is 21.7 Å². The molecule has 1 atom stereocenters. The maximum absolute atomic E-state index is 14.2. The molecule has 0 radical (unpaired) electrons. The molecule has 0 bridgehead atoms. The molecule has 1 heterocycles. The molecule has 7 heteroatoms. The average Bonchev–Trinajstić information content (AvgIpc) is 2.89. The zero-order chi connectivity index (χ0) is 20.6. The molecule has 1 unspecified atom stereocenters. The van der Waals surface area contributed by atoms with Gasteiger partial charge in [0.05, 0.1) is 4.90 Å². The van der Waals surface area contributed by atoms with Crippen LogP contribution in [0.5, 0.6) is 0 Å². The van der Waals surface area contributed by atoms with Crippen molar-refractivity contribution in [3.05, 3.63) is 63.7 Å². The molecule has 0 amide bonds. The van der Waals surface area contributed by atoms with E-state index in [9.17, 15) is 17.2 Å². The van der Waals surface area contributed by atoms with Gasteiger partial charge in [0.15, 0.2) is 0 Å². The molecule has 0 aliphatic carbocycles. The molecular weight excluding hydrogens is 400 g/mol. The largest absolute Gasteiger partial charge is 0.243 e. The van der Waals surface area contributed by atoms with Gasteiger partial charge in [-0.1, -0.05) is 6.07 Å². The predicted molar refractivity (Wildman–Crippen MR) is 110 cm³/mol. The minimum absolute atomic E-state index is 0.266. The summed E-state index contributed by atoms with van der Waals surface area (Å²) in [6, 6.07) is 5.45. The van der Waals surface area contributed by atoms with Crippen LogP contribution in [-0.2, 0) is 10.0 Å². The van der Waals surface area contributed by atoms with E-state index in [2.05, 4.69) is 0 Å². The lowest BCUT2D eigenvalue weighted by atomic mass is 10.0. The molecule has 1 aliphatic rings. The Hall–Kier alpha value is -1.44. The lowest BCUT2D eigenvalue weighted by Crippen LogP contribution is -2.34. The van der Waals surface area contributed by atoms with Crippen molar-refractivity contribution in [2.24, 2.45) is 0 Å². The molecule has 3 nitrogen and oxygen atoms in total. The number of nitrogens with zero attached hydrogens (tertiary/aromatic N) is 1. The van der Waals surface area contributed by atoms with Crippen LogP contribution >= 0.6 is 11.8 Å². The van der Waals surface area contributed by atoms with Crippen LogP contribution < -0.4 is 0 Å². The van der Waals surface area contributed by atoms with Crippen molar-refractivity contribution in [2.45, 2.75) is 44.3 Å². The second-order valence-corrected chi connectivity index (χ2v) is 10.5. The van der Waals surface area contributed by atoms with Gasteiger partial charge >= 0.3 is 0 Å². The fourth-order valence-corrected chi connectivity index (χ4v) is 7.09. The SMILES string of the molecule is Cc1cc(C)c(C)c(S(=O)(=O)N2CCSC(c3cc(F)ccc3F)CC2)c1C. The minimum Gasteiger partial charge on any atom is -0.207 e. The van der Waals surface area contributed by atoms with Gasteiger partial charge in [0.2, 0.25) is 10.0 Å². The standard InChI is InChI=1S/C21H25F2NO2S2/c1-13-11-14(2)16(4)21(15(13)3)28(25,26)24-8-7-20(27-10-9-24)18-12-17(22)5-6-19(18)23/h5-6,11-12,20H,7-10H2,1-4H3. The topological polar surface area (TPSA) is 37.4 Å². The lowest BCUT2D eigenvalue weighted by molar-refractivity contribution is 0.426. The molecule has 2 aromatic carbocycles. The number of aryl methyl sites for hydroxylation is 2. The second-order valence-electron chi connectivity index (χ2n) is 7.31. The first-order valence-electron chi connectivity index (χ1n) is 9.27. The molecule has 28 heavy (non-hydrogen) atoms. The highest BCUT2D eigenvalue weighted by Crippen LogP contribution is 2.38. The molecular formula is C21H25F2NO2S2. The second kappa shape index (κ2) is 8.13. The van der Waals surface area contributed by atoms with Crippen LogP contribution in [0.4, 0.5) is 8.78 Å². The van der Waals surface area contributed by atoms with Crippen LogP contribution in [-0.4, -0.2) is 31.6 Å². The van der Waals surface area contributed by atoms with Crippen LogP contribution in [0.1, 0.15) is 39.5 Å². The lowest BCUT2D eigenvalue weighted by Gasteiger charge is -2.24. The van der Waals surface area contributed by atoms with E-state index in [0.717, 1.165) is 34.4 Å².